The highest BCUT2D eigenvalue weighted by Gasteiger charge is 2.37. The van der Waals surface area contributed by atoms with Gasteiger partial charge in [0.15, 0.2) is 0 Å². The molecule has 27 heavy (non-hydrogen) atoms. The van der Waals surface area contributed by atoms with Crippen molar-refractivity contribution in [2.24, 2.45) is 5.73 Å². The van der Waals surface area contributed by atoms with E-state index in [0.29, 0.717) is 30.8 Å². The average molecular weight is 410 g/mol. The highest BCUT2D eigenvalue weighted by molar-refractivity contribution is 7.89. The van der Waals surface area contributed by atoms with E-state index >= 15 is 0 Å². The molecule has 1 fully saturated rings. The molecule has 1 saturated heterocycles. The molecule has 2 N–H and O–H groups in total. The van der Waals surface area contributed by atoms with Gasteiger partial charge in [0.25, 0.3) is 5.69 Å². The van der Waals surface area contributed by atoms with E-state index in [-0.39, 0.29) is 17.1 Å². The average Bonchev–Trinajstić information content (AvgIpc) is 2.63. The molecule has 0 saturated carbocycles. The fraction of sp³-hybridized carbons (Fsp3) is 0.333. The Morgan fingerprint density at radius 1 is 1.15 bits per heavy atom. The van der Waals surface area contributed by atoms with Crippen molar-refractivity contribution in [3.8, 4) is 0 Å². The smallest absolute Gasteiger partial charge is 0.269 e. The summed E-state index contributed by atoms with van der Waals surface area (Å²) in [7, 11) is -3.76. The summed E-state index contributed by atoms with van der Waals surface area (Å²) < 4.78 is 27.2. The molecule has 3 rings (SSSR count). The van der Waals surface area contributed by atoms with Crippen molar-refractivity contribution in [2.75, 3.05) is 13.1 Å². The van der Waals surface area contributed by atoms with Gasteiger partial charge in [-0.2, -0.15) is 4.31 Å². The highest BCUT2D eigenvalue weighted by atomic mass is 35.5. The van der Waals surface area contributed by atoms with Crippen LogP contribution in [0.3, 0.4) is 0 Å². The minimum absolute atomic E-state index is 0.0313. The number of nitro benzene ring substituents is 1. The second-order valence-corrected chi connectivity index (χ2v) is 9.23. The number of non-ortho nitro benzene ring substituents is 1. The van der Waals surface area contributed by atoms with Crippen LogP contribution in [0.4, 0.5) is 5.69 Å². The lowest BCUT2D eigenvalue weighted by molar-refractivity contribution is -0.384. The Labute approximate surface area is 162 Å². The van der Waals surface area contributed by atoms with E-state index in [4.69, 9.17) is 17.3 Å². The number of nitrogens with two attached hydrogens (primary N) is 1. The van der Waals surface area contributed by atoms with Crippen molar-refractivity contribution in [1.82, 2.24) is 4.31 Å². The molecule has 9 heteroatoms. The van der Waals surface area contributed by atoms with E-state index in [0.717, 1.165) is 5.56 Å². The molecular formula is C18H20ClN3O4S. The Kier molecular flexibility index (Phi) is 5.53. The van der Waals surface area contributed by atoms with E-state index < -0.39 is 20.5 Å². The zero-order valence-corrected chi connectivity index (χ0v) is 16.1. The van der Waals surface area contributed by atoms with Crippen LogP contribution in [-0.2, 0) is 16.4 Å². The van der Waals surface area contributed by atoms with Crippen LogP contribution in [0, 0.1) is 10.1 Å². The maximum absolute atomic E-state index is 12.9. The molecule has 0 aliphatic carbocycles. The fourth-order valence-corrected chi connectivity index (χ4v) is 5.06. The van der Waals surface area contributed by atoms with E-state index in [1.165, 1.54) is 28.6 Å². The summed E-state index contributed by atoms with van der Waals surface area (Å²) in [5.74, 6) is 0. The van der Waals surface area contributed by atoms with Crippen molar-refractivity contribution >= 4 is 27.3 Å². The predicted molar refractivity (Wildman–Crippen MR) is 103 cm³/mol. The SMILES string of the molecule is NC1(Cc2ccc(Cl)cc2)CCCN(S(=O)(=O)c2ccc([N+](=O)[O-])cc2)C1. The van der Waals surface area contributed by atoms with Gasteiger partial charge in [-0.15, -0.1) is 0 Å². The second-order valence-electron chi connectivity index (χ2n) is 6.86. The Morgan fingerprint density at radius 3 is 2.37 bits per heavy atom. The molecule has 0 aromatic heterocycles. The first-order valence-corrected chi connectivity index (χ1v) is 10.3. The Hall–Kier alpha value is -2.00. The molecule has 0 bridgehead atoms. The molecule has 144 valence electrons. The molecule has 0 radical (unpaired) electrons. The number of hydrogen-bond acceptors (Lipinski definition) is 5. The third kappa shape index (κ3) is 4.47. The Morgan fingerprint density at radius 2 is 1.78 bits per heavy atom. The number of nitro groups is 1. The first-order chi connectivity index (χ1) is 12.7. The van der Waals surface area contributed by atoms with Crippen molar-refractivity contribution < 1.29 is 13.3 Å². The zero-order valence-electron chi connectivity index (χ0n) is 14.5. The van der Waals surface area contributed by atoms with Gasteiger partial charge in [0.1, 0.15) is 0 Å². The summed E-state index contributed by atoms with van der Waals surface area (Å²) in [4.78, 5) is 10.2. The van der Waals surface area contributed by atoms with E-state index in [2.05, 4.69) is 0 Å². The van der Waals surface area contributed by atoms with Gasteiger partial charge < -0.3 is 5.73 Å². The zero-order chi connectivity index (χ0) is 19.7. The van der Waals surface area contributed by atoms with Crippen LogP contribution >= 0.6 is 11.6 Å². The van der Waals surface area contributed by atoms with Crippen molar-refractivity contribution in [1.29, 1.82) is 0 Å². The van der Waals surface area contributed by atoms with Gasteiger partial charge in [-0.25, -0.2) is 8.42 Å². The van der Waals surface area contributed by atoms with Gasteiger partial charge in [0, 0.05) is 35.8 Å². The molecule has 0 spiro atoms. The lowest BCUT2D eigenvalue weighted by Gasteiger charge is -2.39. The number of sulfonamides is 1. The number of benzene rings is 2. The van der Waals surface area contributed by atoms with Crippen LogP contribution in [0.15, 0.2) is 53.4 Å². The summed E-state index contributed by atoms with van der Waals surface area (Å²) in [5.41, 5.74) is 6.70. The standard InChI is InChI=1S/C18H20ClN3O4S/c19-15-4-2-14(3-5-15)12-18(20)10-1-11-21(13-18)27(25,26)17-8-6-16(7-9-17)22(23)24/h2-9H,1,10-13,20H2. The van der Waals surface area contributed by atoms with Crippen molar-refractivity contribution in [2.45, 2.75) is 29.7 Å². The number of rotatable bonds is 5. The van der Waals surface area contributed by atoms with Gasteiger partial charge in [0.2, 0.25) is 10.0 Å². The Balaban J connectivity index is 1.79. The predicted octanol–water partition coefficient (Wildman–Crippen LogP) is 2.97. The monoisotopic (exact) mass is 409 g/mol. The summed E-state index contributed by atoms with van der Waals surface area (Å²) in [6.07, 6.45) is 1.90. The minimum Gasteiger partial charge on any atom is -0.324 e. The molecule has 1 unspecified atom stereocenters. The maximum Gasteiger partial charge on any atom is 0.269 e. The number of hydrogen-bond donors (Lipinski definition) is 1. The third-order valence-electron chi connectivity index (χ3n) is 4.73. The number of halogens is 1. The van der Waals surface area contributed by atoms with Gasteiger partial charge in [-0.1, -0.05) is 23.7 Å². The molecule has 1 atom stereocenters. The van der Waals surface area contributed by atoms with Crippen LogP contribution in [-0.4, -0.2) is 36.3 Å². The lowest BCUT2D eigenvalue weighted by atomic mass is 9.85. The van der Waals surface area contributed by atoms with Gasteiger partial charge in [0.05, 0.1) is 9.82 Å². The quantitative estimate of drug-likeness (QED) is 0.603. The van der Waals surface area contributed by atoms with E-state index in [1.54, 1.807) is 12.1 Å². The highest BCUT2D eigenvalue weighted by Crippen LogP contribution is 2.28. The second kappa shape index (κ2) is 7.55. The fourth-order valence-electron chi connectivity index (χ4n) is 3.36. The van der Waals surface area contributed by atoms with Crippen LogP contribution in [0.25, 0.3) is 0 Å². The lowest BCUT2D eigenvalue weighted by Crippen LogP contribution is -2.56. The number of piperidine rings is 1. The minimum atomic E-state index is -3.76. The molecular weight excluding hydrogens is 390 g/mol. The van der Waals surface area contributed by atoms with Crippen molar-refractivity contribution in [3.05, 3.63) is 69.2 Å². The molecule has 1 heterocycles. The van der Waals surface area contributed by atoms with Crippen molar-refractivity contribution in [3.63, 3.8) is 0 Å². The number of nitrogens with zero attached hydrogens (tertiary/aromatic N) is 2. The molecule has 0 amide bonds. The van der Waals surface area contributed by atoms with Gasteiger partial charge in [-0.05, 0) is 49.1 Å². The molecule has 1 aliphatic heterocycles. The van der Waals surface area contributed by atoms with Gasteiger partial charge in [-0.3, -0.25) is 10.1 Å². The van der Waals surface area contributed by atoms with Crippen LogP contribution in [0.1, 0.15) is 18.4 Å². The van der Waals surface area contributed by atoms with Crippen LogP contribution < -0.4 is 5.73 Å². The van der Waals surface area contributed by atoms with E-state index in [1.807, 2.05) is 12.1 Å². The topological polar surface area (TPSA) is 107 Å². The van der Waals surface area contributed by atoms with Crippen LogP contribution in [0.5, 0.6) is 0 Å². The largest absolute Gasteiger partial charge is 0.324 e. The summed E-state index contributed by atoms with van der Waals surface area (Å²) in [6.45, 7) is 0.563. The maximum atomic E-state index is 12.9. The molecule has 2 aromatic rings. The molecule has 7 nitrogen and oxygen atoms in total. The van der Waals surface area contributed by atoms with Gasteiger partial charge >= 0.3 is 0 Å². The van der Waals surface area contributed by atoms with Crippen LogP contribution in [0.2, 0.25) is 5.02 Å². The normalized spacial score (nSPS) is 21.1. The molecule has 2 aromatic carbocycles. The summed E-state index contributed by atoms with van der Waals surface area (Å²) >= 11 is 5.91. The summed E-state index contributed by atoms with van der Waals surface area (Å²) in [6, 6.07) is 12.3. The molecule has 1 aliphatic rings. The Bertz CT molecular complexity index is 932. The first kappa shape index (κ1) is 19.8. The first-order valence-electron chi connectivity index (χ1n) is 8.48. The summed E-state index contributed by atoms with van der Waals surface area (Å²) in [5, 5.41) is 11.4. The third-order valence-corrected chi connectivity index (χ3v) is 6.84. The van der Waals surface area contributed by atoms with E-state index in [9.17, 15) is 18.5 Å².